The molecule has 1 aliphatic heterocycles. The molecule has 0 saturated carbocycles. The Morgan fingerprint density at radius 2 is 1.70 bits per heavy atom. The van der Waals surface area contributed by atoms with E-state index in [0.717, 1.165) is 37.8 Å². The molecule has 0 aliphatic carbocycles. The first-order chi connectivity index (χ1) is 14.6. The monoisotopic (exact) mass is 404 g/mol. The van der Waals surface area contributed by atoms with Gasteiger partial charge in [-0.05, 0) is 36.8 Å². The summed E-state index contributed by atoms with van der Waals surface area (Å²) in [5, 5.41) is 4.52. The molecule has 0 bridgehead atoms. The Kier molecular flexibility index (Phi) is 6.12. The topological polar surface area (TPSA) is 60.1 Å². The van der Waals surface area contributed by atoms with E-state index < -0.39 is 0 Å². The summed E-state index contributed by atoms with van der Waals surface area (Å²) in [5.74, 6) is 0.845. The maximum Gasteiger partial charge on any atom is 0.346 e. The van der Waals surface area contributed by atoms with Crippen LogP contribution in [0.1, 0.15) is 48.7 Å². The molecule has 1 saturated heterocycles. The summed E-state index contributed by atoms with van der Waals surface area (Å²) in [6.07, 6.45) is 4.01. The zero-order valence-electron chi connectivity index (χ0n) is 17.4. The quantitative estimate of drug-likeness (QED) is 0.607. The van der Waals surface area contributed by atoms with Crippen molar-refractivity contribution in [1.29, 1.82) is 0 Å². The lowest BCUT2D eigenvalue weighted by Gasteiger charge is -2.24. The van der Waals surface area contributed by atoms with Gasteiger partial charge in [0.2, 0.25) is 5.91 Å². The molecule has 2 aromatic carbocycles. The third kappa shape index (κ3) is 4.37. The summed E-state index contributed by atoms with van der Waals surface area (Å²) in [5.41, 5.74) is 2.16. The molecule has 1 amide bonds. The fraction of sp³-hybridized carbons (Fsp3) is 0.375. The van der Waals surface area contributed by atoms with Crippen LogP contribution in [-0.2, 0) is 24.8 Å². The molecule has 1 aromatic heterocycles. The molecule has 1 atom stereocenters. The van der Waals surface area contributed by atoms with Gasteiger partial charge in [0.05, 0.1) is 12.6 Å². The number of aromatic nitrogens is 3. The smallest absolute Gasteiger partial charge is 0.332 e. The van der Waals surface area contributed by atoms with Gasteiger partial charge in [-0.3, -0.25) is 9.36 Å². The van der Waals surface area contributed by atoms with Crippen molar-refractivity contribution in [1.82, 2.24) is 19.2 Å². The van der Waals surface area contributed by atoms with E-state index in [1.165, 1.54) is 10.2 Å². The maximum absolute atomic E-state index is 13.0. The average Bonchev–Trinajstić information content (AvgIpc) is 3.36. The number of carbonyl (C=O) groups excluding carboxylic acids is 1. The Labute approximate surface area is 176 Å². The first-order valence-corrected chi connectivity index (χ1v) is 10.6. The van der Waals surface area contributed by atoms with Crippen LogP contribution in [0.15, 0.2) is 65.5 Å². The second-order valence-corrected chi connectivity index (χ2v) is 7.92. The fourth-order valence-corrected chi connectivity index (χ4v) is 4.25. The number of amides is 1. The molecule has 0 radical (unpaired) electrons. The molecular formula is C24H28N4O2. The summed E-state index contributed by atoms with van der Waals surface area (Å²) < 4.78 is 3.10. The molecule has 4 rings (SSSR count). The van der Waals surface area contributed by atoms with Crippen molar-refractivity contribution >= 4 is 5.91 Å². The van der Waals surface area contributed by atoms with Crippen LogP contribution in [0, 0.1) is 0 Å². The maximum atomic E-state index is 13.0. The highest BCUT2D eigenvalue weighted by atomic mass is 16.2. The molecule has 0 spiro atoms. The van der Waals surface area contributed by atoms with Crippen molar-refractivity contribution in [3.05, 3.63) is 88.1 Å². The van der Waals surface area contributed by atoms with Gasteiger partial charge >= 0.3 is 5.69 Å². The summed E-state index contributed by atoms with van der Waals surface area (Å²) in [7, 11) is 1.67. The third-order valence-electron chi connectivity index (χ3n) is 5.79. The first-order valence-electron chi connectivity index (χ1n) is 10.6. The summed E-state index contributed by atoms with van der Waals surface area (Å²) in [6.45, 7) is 1.19. The third-order valence-corrected chi connectivity index (χ3v) is 5.79. The normalized spacial score (nSPS) is 16.2. The predicted molar refractivity (Wildman–Crippen MR) is 116 cm³/mol. The number of likely N-dealkylation sites (tertiary alicyclic amines) is 1. The van der Waals surface area contributed by atoms with Gasteiger partial charge in [0, 0.05) is 20.0 Å². The van der Waals surface area contributed by atoms with Crippen LogP contribution in [0.2, 0.25) is 0 Å². The van der Waals surface area contributed by atoms with Gasteiger partial charge < -0.3 is 4.90 Å². The lowest BCUT2D eigenvalue weighted by atomic mass is 10.1. The van der Waals surface area contributed by atoms with Gasteiger partial charge in [-0.25, -0.2) is 9.48 Å². The Balaban J connectivity index is 1.48. The molecule has 0 N–H and O–H groups in total. The molecule has 1 aliphatic rings. The number of nitrogens with zero attached hydrogens (tertiary/aromatic N) is 4. The molecule has 1 unspecified atom stereocenters. The summed E-state index contributed by atoms with van der Waals surface area (Å²) in [6, 6.07) is 20.0. The van der Waals surface area contributed by atoms with Crippen molar-refractivity contribution in [2.75, 3.05) is 6.54 Å². The number of hydrogen-bond acceptors (Lipinski definition) is 3. The zero-order valence-corrected chi connectivity index (χ0v) is 17.4. The number of benzene rings is 2. The second-order valence-electron chi connectivity index (χ2n) is 7.92. The van der Waals surface area contributed by atoms with Crippen molar-refractivity contribution in [3.63, 3.8) is 0 Å². The Hall–Kier alpha value is -3.15. The first kappa shape index (κ1) is 20.1. The highest BCUT2D eigenvalue weighted by Gasteiger charge is 2.34. The van der Waals surface area contributed by atoms with E-state index in [2.05, 4.69) is 17.2 Å². The number of rotatable bonds is 7. The van der Waals surface area contributed by atoms with Crippen LogP contribution in [0.3, 0.4) is 0 Å². The van der Waals surface area contributed by atoms with Gasteiger partial charge in [0.25, 0.3) is 0 Å². The van der Waals surface area contributed by atoms with E-state index >= 15 is 0 Å². The van der Waals surface area contributed by atoms with Gasteiger partial charge in [-0.15, -0.1) is 0 Å². The standard InChI is InChI=1S/C24H28N4O2/c1-26-24(30)28(18-20-12-6-3-7-13-20)23(25-26)21-15-9-17-27(21)22(29)16-8-14-19-10-4-2-5-11-19/h2-7,10-13,21H,8-9,14-18H2,1H3. The van der Waals surface area contributed by atoms with Crippen molar-refractivity contribution < 1.29 is 4.79 Å². The minimum absolute atomic E-state index is 0.133. The average molecular weight is 405 g/mol. The largest absolute Gasteiger partial charge is 0.346 e. The van der Waals surface area contributed by atoms with E-state index in [1.54, 1.807) is 11.6 Å². The molecule has 156 valence electrons. The SMILES string of the molecule is Cn1nc(C2CCCN2C(=O)CCCc2ccccc2)n(Cc2ccccc2)c1=O. The van der Waals surface area contributed by atoms with Crippen LogP contribution in [0.5, 0.6) is 0 Å². The van der Waals surface area contributed by atoms with Gasteiger partial charge in [0.15, 0.2) is 5.82 Å². The van der Waals surface area contributed by atoms with E-state index in [-0.39, 0.29) is 17.6 Å². The lowest BCUT2D eigenvalue weighted by Crippen LogP contribution is -2.33. The van der Waals surface area contributed by atoms with E-state index in [1.807, 2.05) is 53.4 Å². The minimum atomic E-state index is -0.141. The minimum Gasteiger partial charge on any atom is -0.332 e. The predicted octanol–water partition coefficient (Wildman–Crippen LogP) is 3.32. The van der Waals surface area contributed by atoms with Crippen LogP contribution < -0.4 is 5.69 Å². The number of carbonyl (C=O) groups is 1. The molecule has 6 heteroatoms. The Morgan fingerprint density at radius 3 is 2.40 bits per heavy atom. The van der Waals surface area contributed by atoms with Crippen LogP contribution in [0.25, 0.3) is 0 Å². The fourth-order valence-electron chi connectivity index (χ4n) is 4.25. The highest BCUT2D eigenvalue weighted by molar-refractivity contribution is 5.76. The van der Waals surface area contributed by atoms with Gasteiger partial charge in [0.1, 0.15) is 0 Å². The van der Waals surface area contributed by atoms with Crippen molar-refractivity contribution in [2.24, 2.45) is 7.05 Å². The molecule has 6 nitrogen and oxygen atoms in total. The van der Waals surface area contributed by atoms with Crippen LogP contribution >= 0.6 is 0 Å². The van der Waals surface area contributed by atoms with E-state index in [9.17, 15) is 9.59 Å². The Morgan fingerprint density at radius 1 is 1.03 bits per heavy atom. The van der Waals surface area contributed by atoms with Crippen LogP contribution in [0.4, 0.5) is 0 Å². The molecule has 2 heterocycles. The van der Waals surface area contributed by atoms with Crippen molar-refractivity contribution in [2.45, 2.75) is 44.7 Å². The van der Waals surface area contributed by atoms with Gasteiger partial charge in [-0.2, -0.15) is 5.10 Å². The Bertz CT molecular complexity index is 1040. The zero-order chi connectivity index (χ0) is 20.9. The van der Waals surface area contributed by atoms with E-state index in [0.29, 0.717) is 18.8 Å². The number of hydrogen-bond donors (Lipinski definition) is 0. The molecule has 30 heavy (non-hydrogen) atoms. The lowest BCUT2D eigenvalue weighted by molar-refractivity contribution is -0.132. The second kappa shape index (κ2) is 9.11. The highest BCUT2D eigenvalue weighted by Crippen LogP contribution is 2.31. The summed E-state index contributed by atoms with van der Waals surface area (Å²) >= 11 is 0. The number of aryl methyl sites for hydroxylation is 2. The van der Waals surface area contributed by atoms with Crippen LogP contribution in [-0.4, -0.2) is 31.7 Å². The van der Waals surface area contributed by atoms with Gasteiger partial charge in [-0.1, -0.05) is 60.7 Å². The summed E-state index contributed by atoms with van der Waals surface area (Å²) in [4.78, 5) is 27.6. The molecule has 1 fully saturated rings. The molecule has 3 aromatic rings. The van der Waals surface area contributed by atoms with E-state index in [4.69, 9.17) is 0 Å². The van der Waals surface area contributed by atoms with Crippen molar-refractivity contribution in [3.8, 4) is 0 Å². The molecular weight excluding hydrogens is 376 g/mol.